The number of hydrogen-bond acceptors (Lipinski definition) is 5. The minimum atomic E-state index is -0.423. The van der Waals surface area contributed by atoms with Gasteiger partial charge in [-0.3, -0.25) is 14.9 Å². The van der Waals surface area contributed by atoms with E-state index in [1.54, 1.807) is 12.1 Å². The van der Waals surface area contributed by atoms with Crippen molar-refractivity contribution in [3.63, 3.8) is 0 Å². The lowest BCUT2D eigenvalue weighted by atomic mass is 9.96. The zero-order valence-electron chi connectivity index (χ0n) is 12.5. The molecule has 0 aromatic heterocycles. The molecule has 114 valence electrons. The van der Waals surface area contributed by atoms with Crippen molar-refractivity contribution in [1.82, 2.24) is 4.90 Å². The lowest BCUT2D eigenvalue weighted by Crippen LogP contribution is -2.35. The van der Waals surface area contributed by atoms with Gasteiger partial charge in [-0.2, -0.15) is 0 Å². The molecule has 6 nitrogen and oxygen atoms in total. The van der Waals surface area contributed by atoms with Crippen LogP contribution in [0.25, 0.3) is 0 Å². The molecule has 0 bridgehead atoms. The fraction of sp³-hybridized carbons (Fsp3) is 0.533. The van der Waals surface area contributed by atoms with Gasteiger partial charge in [-0.1, -0.05) is 0 Å². The lowest BCUT2D eigenvalue weighted by Gasteiger charge is -2.32. The van der Waals surface area contributed by atoms with Crippen molar-refractivity contribution in [2.75, 3.05) is 38.6 Å². The number of aldehydes is 1. The summed E-state index contributed by atoms with van der Waals surface area (Å²) in [4.78, 5) is 25.8. The minimum absolute atomic E-state index is 0.00460. The van der Waals surface area contributed by atoms with Crippen LogP contribution in [0.5, 0.6) is 0 Å². The van der Waals surface area contributed by atoms with Gasteiger partial charge in [0, 0.05) is 25.2 Å². The lowest BCUT2D eigenvalue weighted by molar-refractivity contribution is -0.384. The van der Waals surface area contributed by atoms with Crippen LogP contribution in [0.3, 0.4) is 0 Å². The first-order valence-electron chi connectivity index (χ1n) is 7.14. The summed E-state index contributed by atoms with van der Waals surface area (Å²) in [7, 11) is 3.99. The maximum atomic E-state index is 11.2. The number of nitro groups is 1. The number of rotatable bonds is 5. The second-order valence-electron chi connectivity index (χ2n) is 5.75. The van der Waals surface area contributed by atoms with Crippen LogP contribution in [0.15, 0.2) is 18.2 Å². The van der Waals surface area contributed by atoms with Crippen molar-refractivity contribution in [1.29, 1.82) is 0 Å². The average molecular weight is 291 g/mol. The second kappa shape index (κ2) is 6.67. The summed E-state index contributed by atoms with van der Waals surface area (Å²) in [6.45, 7) is 2.95. The van der Waals surface area contributed by atoms with E-state index in [4.69, 9.17) is 0 Å². The zero-order chi connectivity index (χ0) is 15.4. The summed E-state index contributed by atoms with van der Waals surface area (Å²) < 4.78 is 0. The summed E-state index contributed by atoms with van der Waals surface area (Å²) in [6.07, 6.45) is 2.86. The fourth-order valence-corrected chi connectivity index (χ4v) is 2.81. The average Bonchev–Trinajstić information content (AvgIpc) is 2.48. The highest BCUT2D eigenvalue weighted by atomic mass is 16.6. The highest BCUT2D eigenvalue weighted by molar-refractivity contribution is 5.79. The minimum Gasteiger partial charge on any atom is -0.369 e. The number of piperidine rings is 1. The number of carbonyl (C=O) groups excluding carboxylic acids is 1. The van der Waals surface area contributed by atoms with E-state index in [0.29, 0.717) is 23.5 Å². The third-order valence-corrected chi connectivity index (χ3v) is 4.11. The molecular weight excluding hydrogens is 270 g/mol. The Labute approximate surface area is 124 Å². The maximum absolute atomic E-state index is 11.2. The van der Waals surface area contributed by atoms with E-state index in [0.717, 1.165) is 32.5 Å². The molecule has 1 aromatic rings. The molecule has 6 heteroatoms. The summed E-state index contributed by atoms with van der Waals surface area (Å²) >= 11 is 0. The van der Waals surface area contributed by atoms with E-state index in [-0.39, 0.29) is 5.69 Å². The van der Waals surface area contributed by atoms with Gasteiger partial charge in [0.1, 0.15) is 12.0 Å². The van der Waals surface area contributed by atoms with Crippen molar-refractivity contribution < 1.29 is 9.72 Å². The van der Waals surface area contributed by atoms with E-state index in [1.165, 1.54) is 6.07 Å². The van der Waals surface area contributed by atoms with Gasteiger partial charge in [-0.25, -0.2) is 0 Å². The number of hydrogen-bond donors (Lipinski definition) is 0. The molecule has 1 heterocycles. The Morgan fingerprint density at radius 2 is 2.10 bits per heavy atom. The number of anilines is 1. The molecule has 0 unspecified atom stereocenters. The molecule has 1 saturated heterocycles. The molecule has 0 N–H and O–H groups in total. The van der Waals surface area contributed by atoms with Crippen molar-refractivity contribution in [2.24, 2.45) is 5.92 Å². The van der Waals surface area contributed by atoms with Crippen LogP contribution in [0.4, 0.5) is 11.4 Å². The molecule has 1 aliphatic heterocycles. The molecule has 0 spiro atoms. The van der Waals surface area contributed by atoms with Crippen LogP contribution in [-0.2, 0) is 0 Å². The molecule has 0 radical (unpaired) electrons. The maximum Gasteiger partial charge on any atom is 0.293 e. The first kappa shape index (κ1) is 15.4. The molecule has 21 heavy (non-hydrogen) atoms. The first-order valence-corrected chi connectivity index (χ1v) is 7.14. The van der Waals surface area contributed by atoms with Crippen molar-refractivity contribution in [2.45, 2.75) is 12.8 Å². The van der Waals surface area contributed by atoms with Crippen LogP contribution in [0.2, 0.25) is 0 Å². The summed E-state index contributed by atoms with van der Waals surface area (Å²) in [5.74, 6) is 0.552. The van der Waals surface area contributed by atoms with Crippen LogP contribution in [-0.4, -0.2) is 49.8 Å². The number of likely N-dealkylation sites (tertiary alicyclic amines) is 1. The standard InChI is InChI=1S/C15H21N3O3/c1-16-7-5-12(6-8-16)10-17(2)14-4-3-13(11-19)9-15(14)18(20)21/h3-4,9,11-12H,5-8,10H2,1-2H3. The third kappa shape index (κ3) is 3.78. The Morgan fingerprint density at radius 1 is 1.43 bits per heavy atom. The number of benzene rings is 1. The zero-order valence-corrected chi connectivity index (χ0v) is 12.5. The van der Waals surface area contributed by atoms with Gasteiger partial charge in [-0.05, 0) is 51.0 Å². The molecule has 0 saturated carbocycles. The number of carbonyl (C=O) groups is 1. The van der Waals surface area contributed by atoms with E-state index < -0.39 is 4.92 Å². The summed E-state index contributed by atoms with van der Waals surface area (Å²) in [5, 5.41) is 11.2. The van der Waals surface area contributed by atoms with Gasteiger partial charge >= 0.3 is 0 Å². The Bertz CT molecular complexity index is 525. The third-order valence-electron chi connectivity index (χ3n) is 4.11. The van der Waals surface area contributed by atoms with Crippen molar-refractivity contribution >= 4 is 17.7 Å². The Kier molecular flexibility index (Phi) is 4.90. The van der Waals surface area contributed by atoms with Crippen molar-refractivity contribution in [3.8, 4) is 0 Å². The molecule has 1 fully saturated rings. The Balaban J connectivity index is 2.13. The van der Waals surface area contributed by atoms with Gasteiger partial charge in [0.15, 0.2) is 0 Å². The monoisotopic (exact) mass is 291 g/mol. The van der Waals surface area contributed by atoms with Crippen LogP contribution in [0.1, 0.15) is 23.2 Å². The smallest absolute Gasteiger partial charge is 0.293 e. The molecule has 1 aromatic carbocycles. The molecule has 2 rings (SSSR count). The Morgan fingerprint density at radius 3 is 2.67 bits per heavy atom. The second-order valence-corrected chi connectivity index (χ2v) is 5.75. The van der Waals surface area contributed by atoms with E-state index in [1.807, 2.05) is 11.9 Å². The SMILES string of the molecule is CN1CCC(CN(C)c2ccc(C=O)cc2[N+](=O)[O-])CC1. The van der Waals surface area contributed by atoms with Gasteiger partial charge in [0.05, 0.1) is 4.92 Å². The first-order chi connectivity index (χ1) is 10.0. The molecule has 1 aliphatic rings. The van der Waals surface area contributed by atoms with Crippen LogP contribution >= 0.6 is 0 Å². The van der Waals surface area contributed by atoms with E-state index >= 15 is 0 Å². The highest BCUT2D eigenvalue weighted by Gasteiger charge is 2.22. The van der Waals surface area contributed by atoms with Gasteiger partial charge in [0.2, 0.25) is 0 Å². The normalized spacial score (nSPS) is 16.7. The predicted octanol–water partition coefficient (Wildman–Crippen LogP) is 2.19. The van der Waals surface area contributed by atoms with Crippen LogP contribution in [0, 0.1) is 16.0 Å². The predicted molar refractivity (Wildman–Crippen MR) is 82.0 cm³/mol. The summed E-state index contributed by atoms with van der Waals surface area (Å²) in [6, 6.07) is 4.63. The van der Waals surface area contributed by atoms with Crippen LogP contribution < -0.4 is 4.90 Å². The van der Waals surface area contributed by atoms with Gasteiger partial charge < -0.3 is 9.80 Å². The summed E-state index contributed by atoms with van der Waals surface area (Å²) in [5.41, 5.74) is 0.901. The van der Waals surface area contributed by atoms with Crippen molar-refractivity contribution in [3.05, 3.63) is 33.9 Å². The van der Waals surface area contributed by atoms with E-state index in [9.17, 15) is 14.9 Å². The molecule has 0 amide bonds. The van der Waals surface area contributed by atoms with Gasteiger partial charge in [-0.15, -0.1) is 0 Å². The largest absolute Gasteiger partial charge is 0.369 e. The topological polar surface area (TPSA) is 66.7 Å². The number of nitro benzene ring substituents is 1. The number of nitrogens with zero attached hydrogens (tertiary/aromatic N) is 3. The fourth-order valence-electron chi connectivity index (χ4n) is 2.81. The molecule has 0 aliphatic carbocycles. The van der Waals surface area contributed by atoms with E-state index in [2.05, 4.69) is 11.9 Å². The highest BCUT2D eigenvalue weighted by Crippen LogP contribution is 2.29. The van der Waals surface area contributed by atoms with Gasteiger partial charge in [0.25, 0.3) is 5.69 Å². The molecule has 0 atom stereocenters. The molecular formula is C15H21N3O3. The quantitative estimate of drug-likeness (QED) is 0.472. The Hall–Kier alpha value is -1.95.